The minimum atomic E-state index is -3.42. The van der Waals surface area contributed by atoms with E-state index in [9.17, 15) is 8.42 Å². The highest BCUT2D eigenvalue weighted by Crippen LogP contribution is 2.36. The minimum absolute atomic E-state index is 0.124. The van der Waals surface area contributed by atoms with Crippen molar-refractivity contribution in [1.29, 1.82) is 0 Å². The van der Waals surface area contributed by atoms with Crippen molar-refractivity contribution in [2.45, 2.75) is 50.5 Å². The smallest absolute Gasteiger partial charge is 0.242 e. The lowest BCUT2D eigenvalue weighted by Gasteiger charge is -2.12. The standard InChI is InChI=1S/C15H24N2O2S/c1-3-7-12-11-14(12)17-20(18,19)15-9-6-5-8-13(15)16-10-4-2/h5-6,8-9,12,14,16-17H,3-4,7,10-11H2,1-2H3. The van der Waals surface area contributed by atoms with Crippen LogP contribution in [0, 0.1) is 5.92 Å². The molecule has 1 aliphatic carbocycles. The Bertz CT molecular complexity index is 543. The van der Waals surface area contributed by atoms with Gasteiger partial charge in [0.25, 0.3) is 0 Å². The van der Waals surface area contributed by atoms with E-state index in [2.05, 4.69) is 23.9 Å². The first-order chi connectivity index (χ1) is 9.58. The largest absolute Gasteiger partial charge is 0.384 e. The minimum Gasteiger partial charge on any atom is -0.384 e. The highest BCUT2D eigenvalue weighted by Gasteiger charge is 2.39. The fraction of sp³-hybridized carbons (Fsp3) is 0.600. The molecule has 1 aromatic rings. The predicted octanol–water partition coefficient (Wildman–Crippen LogP) is 2.98. The molecule has 1 fully saturated rings. The van der Waals surface area contributed by atoms with Crippen molar-refractivity contribution in [2.75, 3.05) is 11.9 Å². The van der Waals surface area contributed by atoms with Crippen LogP contribution in [0.1, 0.15) is 39.5 Å². The number of hydrogen-bond acceptors (Lipinski definition) is 3. The average Bonchev–Trinajstić information content (AvgIpc) is 3.14. The van der Waals surface area contributed by atoms with Gasteiger partial charge in [-0.3, -0.25) is 0 Å². The molecule has 0 bridgehead atoms. The maximum Gasteiger partial charge on any atom is 0.242 e. The molecule has 2 N–H and O–H groups in total. The molecule has 1 aromatic carbocycles. The van der Waals surface area contributed by atoms with E-state index in [1.165, 1.54) is 0 Å². The van der Waals surface area contributed by atoms with Crippen LogP contribution in [0.15, 0.2) is 29.2 Å². The topological polar surface area (TPSA) is 58.2 Å². The van der Waals surface area contributed by atoms with Gasteiger partial charge < -0.3 is 5.32 Å². The molecule has 0 spiro atoms. The lowest BCUT2D eigenvalue weighted by atomic mass is 10.2. The Balaban J connectivity index is 2.09. The monoisotopic (exact) mass is 296 g/mol. The summed E-state index contributed by atoms with van der Waals surface area (Å²) in [6.45, 7) is 4.96. The molecule has 0 saturated heterocycles. The molecule has 5 heteroatoms. The molecule has 4 nitrogen and oxygen atoms in total. The lowest BCUT2D eigenvalue weighted by molar-refractivity contribution is 0.573. The number of anilines is 1. The summed E-state index contributed by atoms with van der Waals surface area (Å²) >= 11 is 0. The molecule has 0 aliphatic heterocycles. The first-order valence-corrected chi connectivity index (χ1v) is 8.92. The number of nitrogens with one attached hydrogen (secondary N) is 2. The molecule has 0 heterocycles. The number of sulfonamides is 1. The SMILES string of the molecule is CCCNc1ccccc1S(=O)(=O)NC1CC1CCC. The number of benzene rings is 1. The third kappa shape index (κ3) is 3.73. The van der Waals surface area contributed by atoms with E-state index in [1.54, 1.807) is 12.1 Å². The fourth-order valence-corrected chi connectivity index (χ4v) is 3.95. The quantitative estimate of drug-likeness (QED) is 0.775. The normalized spacial score (nSPS) is 21.7. The summed E-state index contributed by atoms with van der Waals surface area (Å²) in [5.41, 5.74) is 0.689. The van der Waals surface area contributed by atoms with Crippen LogP contribution in [-0.2, 0) is 10.0 Å². The van der Waals surface area contributed by atoms with Crippen LogP contribution in [0.3, 0.4) is 0 Å². The second kappa shape index (κ2) is 6.59. The molecule has 1 saturated carbocycles. The maximum atomic E-state index is 12.5. The Morgan fingerprint density at radius 1 is 1.20 bits per heavy atom. The van der Waals surface area contributed by atoms with Gasteiger partial charge in [0.2, 0.25) is 10.0 Å². The third-order valence-corrected chi connectivity index (χ3v) is 5.18. The Morgan fingerprint density at radius 3 is 2.65 bits per heavy atom. The van der Waals surface area contributed by atoms with Gasteiger partial charge in [0.05, 0.1) is 5.69 Å². The maximum absolute atomic E-state index is 12.5. The zero-order valence-corrected chi connectivity index (χ0v) is 13.0. The lowest BCUT2D eigenvalue weighted by Crippen LogP contribution is -2.28. The van der Waals surface area contributed by atoms with Crippen LogP contribution in [0.2, 0.25) is 0 Å². The second-order valence-electron chi connectivity index (χ2n) is 5.44. The van der Waals surface area contributed by atoms with Gasteiger partial charge in [-0.15, -0.1) is 0 Å². The molecule has 0 aromatic heterocycles. The van der Waals surface area contributed by atoms with E-state index < -0.39 is 10.0 Å². The van der Waals surface area contributed by atoms with Crippen molar-refractivity contribution in [3.05, 3.63) is 24.3 Å². The summed E-state index contributed by atoms with van der Waals surface area (Å²) < 4.78 is 27.8. The van der Waals surface area contributed by atoms with E-state index in [1.807, 2.05) is 12.1 Å². The summed E-state index contributed by atoms with van der Waals surface area (Å²) in [6, 6.07) is 7.23. The zero-order chi connectivity index (χ0) is 14.6. The van der Waals surface area contributed by atoms with Gasteiger partial charge >= 0.3 is 0 Å². The Kier molecular flexibility index (Phi) is 5.05. The first kappa shape index (κ1) is 15.3. The summed E-state index contributed by atoms with van der Waals surface area (Å²) in [5, 5.41) is 3.18. The van der Waals surface area contributed by atoms with E-state index in [0.717, 1.165) is 32.2 Å². The van der Waals surface area contributed by atoms with Gasteiger partial charge in [0, 0.05) is 12.6 Å². The second-order valence-corrected chi connectivity index (χ2v) is 7.12. The summed E-state index contributed by atoms with van der Waals surface area (Å²) in [4.78, 5) is 0.357. The van der Waals surface area contributed by atoms with Crippen LogP contribution < -0.4 is 10.0 Å². The summed E-state index contributed by atoms with van der Waals surface area (Å²) in [5.74, 6) is 0.519. The third-order valence-electron chi connectivity index (χ3n) is 3.63. The molecule has 2 rings (SSSR count). The van der Waals surface area contributed by atoms with Crippen molar-refractivity contribution in [2.24, 2.45) is 5.92 Å². The molecular formula is C15H24N2O2S. The van der Waals surface area contributed by atoms with Crippen molar-refractivity contribution < 1.29 is 8.42 Å². The Labute approximate surface area is 122 Å². The van der Waals surface area contributed by atoms with Crippen molar-refractivity contribution in [3.63, 3.8) is 0 Å². The van der Waals surface area contributed by atoms with Gasteiger partial charge in [0.15, 0.2) is 0 Å². The van der Waals surface area contributed by atoms with Crippen molar-refractivity contribution in [3.8, 4) is 0 Å². The van der Waals surface area contributed by atoms with Crippen molar-refractivity contribution >= 4 is 15.7 Å². The molecule has 1 aliphatic rings. The van der Waals surface area contributed by atoms with E-state index in [-0.39, 0.29) is 6.04 Å². The first-order valence-electron chi connectivity index (χ1n) is 7.43. The number of para-hydroxylation sites is 1. The highest BCUT2D eigenvalue weighted by atomic mass is 32.2. The van der Waals surface area contributed by atoms with Gasteiger partial charge in [-0.05, 0) is 37.3 Å². The van der Waals surface area contributed by atoms with Crippen LogP contribution in [0.4, 0.5) is 5.69 Å². The zero-order valence-electron chi connectivity index (χ0n) is 12.2. The summed E-state index contributed by atoms with van der Waals surface area (Å²) in [7, 11) is -3.42. The molecule has 0 radical (unpaired) electrons. The van der Waals surface area contributed by atoms with Crippen LogP contribution >= 0.6 is 0 Å². The van der Waals surface area contributed by atoms with Gasteiger partial charge in [-0.2, -0.15) is 0 Å². The van der Waals surface area contributed by atoms with Crippen molar-refractivity contribution in [1.82, 2.24) is 4.72 Å². The molecular weight excluding hydrogens is 272 g/mol. The van der Waals surface area contributed by atoms with Crippen LogP contribution in [0.5, 0.6) is 0 Å². The number of hydrogen-bond donors (Lipinski definition) is 2. The molecule has 112 valence electrons. The highest BCUT2D eigenvalue weighted by molar-refractivity contribution is 7.89. The van der Waals surface area contributed by atoms with Gasteiger partial charge in [-0.25, -0.2) is 13.1 Å². The van der Waals surface area contributed by atoms with E-state index in [4.69, 9.17) is 0 Å². The van der Waals surface area contributed by atoms with E-state index >= 15 is 0 Å². The number of rotatable bonds is 8. The predicted molar refractivity (Wildman–Crippen MR) is 82.3 cm³/mol. The molecule has 2 atom stereocenters. The van der Waals surface area contributed by atoms with Gasteiger partial charge in [-0.1, -0.05) is 32.4 Å². The average molecular weight is 296 g/mol. The van der Waals surface area contributed by atoms with Gasteiger partial charge in [0.1, 0.15) is 4.90 Å². The van der Waals surface area contributed by atoms with Crippen LogP contribution in [-0.4, -0.2) is 21.0 Å². The Hall–Kier alpha value is -1.07. The summed E-state index contributed by atoms with van der Waals surface area (Å²) in [6.07, 6.45) is 4.14. The molecule has 2 unspecified atom stereocenters. The fourth-order valence-electron chi connectivity index (χ4n) is 2.45. The van der Waals surface area contributed by atoms with Crippen LogP contribution in [0.25, 0.3) is 0 Å². The molecule has 20 heavy (non-hydrogen) atoms. The Morgan fingerprint density at radius 2 is 1.95 bits per heavy atom. The molecule has 0 amide bonds. The van der Waals surface area contributed by atoms with E-state index in [0.29, 0.717) is 16.5 Å².